The van der Waals surface area contributed by atoms with E-state index in [9.17, 15) is 4.79 Å². The van der Waals surface area contributed by atoms with Gasteiger partial charge in [0, 0.05) is 11.4 Å². The third-order valence-corrected chi connectivity index (χ3v) is 2.53. The predicted molar refractivity (Wildman–Crippen MR) is 84.5 cm³/mol. The molecule has 0 atom stereocenters. The van der Waals surface area contributed by atoms with Crippen LogP contribution in [0.1, 0.15) is 11.1 Å². The molecule has 0 saturated heterocycles. The van der Waals surface area contributed by atoms with E-state index in [1.165, 1.54) is 5.56 Å². The first-order chi connectivity index (χ1) is 9.51. The predicted octanol–water partition coefficient (Wildman–Crippen LogP) is 2.47. The monoisotopic (exact) mass is 271 g/mol. The molecule has 1 amide bonds. The normalized spacial score (nSPS) is 9.35. The number of amides is 1. The lowest BCUT2D eigenvalue weighted by Gasteiger charge is -2.03. The van der Waals surface area contributed by atoms with Gasteiger partial charge < -0.3 is 16.8 Å². The van der Waals surface area contributed by atoms with Crippen molar-refractivity contribution in [2.75, 3.05) is 17.6 Å². The molecule has 0 aliphatic heterocycles. The maximum atomic E-state index is 10.9. The Morgan fingerprint density at radius 1 is 1.05 bits per heavy atom. The first-order valence-corrected chi connectivity index (χ1v) is 6.40. The van der Waals surface area contributed by atoms with Crippen LogP contribution in [0.4, 0.5) is 11.4 Å². The van der Waals surface area contributed by atoms with E-state index in [1.54, 1.807) is 0 Å². The largest absolute Gasteiger partial charge is 0.399 e. The van der Waals surface area contributed by atoms with Crippen molar-refractivity contribution in [3.8, 4) is 0 Å². The van der Waals surface area contributed by atoms with Gasteiger partial charge in [-0.3, -0.25) is 4.79 Å². The molecule has 4 heteroatoms. The zero-order valence-corrected chi connectivity index (χ0v) is 11.9. The van der Waals surface area contributed by atoms with Crippen molar-refractivity contribution >= 4 is 17.3 Å². The second-order valence-electron chi connectivity index (χ2n) is 4.54. The zero-order chi connectivity index (χ0) is 15.0. The Kier molecular flexibility index (Phi) is 6.26. The highest BCUT2D eigenvalue weighted by Crippen LogP contribution is 2.08. The van der Waals surface area contributed by atoms with Crippen molar-refractivity contribution in [1.82, 2.24) is 0 Å². The molecule has 20 heavy (non-hydrogen) atoms. The summed E-state index contributed by atoms with van der Waals surface area (Å²) in [6.45, 7) is 4.02. The van der Waals surface area contributed by atoms with Crippen LogP contribution in [-0.4, -0.2) is 12.5 Å². The van der Waals surface area contributed by atoms with E-state index in [1.807, 2.05) is 62.4 Å². The molecule has 0 spiro atoms. The average Bonchev–Trinajstić information content (AvgIpc) is 2.39. The fourth-order valence-corrected chi connectivity index (χ4v) is 1.60. The Hall–Kier alpha value is -2.33. The number of hydrogen-bond donors (Lipinski definition) is 3. The van der Waals surface area contributed by atoms with Crippen molar-refractivity contribution < 1.29 is 4.79 Å². The Morgan fingerprint density at radius 3 is 2.10 bits per heavy atom. The number of nitrogen functional groups attached to an aromatic ring is 1. The van der Waals surface area contributed by atoms with Crippen LogP contribution in [0.5, 0.6) is 0 Å². The van der Waals surface area contributed by atoms with Gasteiger partial charge in [0.15, 0.2) is 0 Å². The maximum absolute atomic E-state index is 10.9. The van der Waals surface area contributed by atoms with Crippen LogP contribution in [-0.2, 0) is 4.79 Å². The van der Waals surface area contributed by atoms with Gasteiger partial charge in [0.25, 0.3) is 0 Å². The molecule has 0 aromatic heterocycles. The maximum Gasteiger partial charge on any atom is 0.238 e. The summed E-state index contributed by atoms with van der Waals surface area (Å²) >= 11 is 0. The van der Waals surface area contributed by atoms with Crippen LogP contribution in [0.2, 0.25) is 0 Å². The van der Waals surface area contributed by atoms with Gasteiger partial charge in [-0.05, 0) is 49.2 Å². The van der Waals surface area contributed by atoms with E-state index in [-0.39, 0.29) is 12.5 Å². The SMILES string of the molecule is Cc1cccc(N)c1.Cc1cccc(NC(=O)CN)c1. The van der Waals surface area contributed by atoms with Gasteiger partial charge >= 0.3 is 0 Å². The molecule has 106 valence electrons. The number of aryl methyl sites for hydroxylation is 2. The molecule has 2 aromatic rings. The number of carbonyl (C=O) groups is 1. The molecule has 0 unspecified atom stereocenters. The van der Waals surface area contributed by atoms with Crippen molar-refractivity contribution in [2.45, 2.75) is 13.8 Å². The standard InChI is InChI=1S/C9H12N2O.C7H9N/c1-7-3-2-4-8(5-7)11-9(12)6-10;1-6-3-2-4-7(8)5-6/h2-5H,6,10H2,1H3,(H,11,12);2-5H,8H2,1H3. The average molecular weight is 271 g/mol. The Labute approximate surface area is 119 Å². The third kappa shape index (κ3) is 6.02. The molecule has 5 N–H and O–H groups in total. The van der Waals surface area contributed by atoms with E-state index in [4.69, 9.17) is 11.5 Å². The van der Waals surface area contributed by atoms with Crippen LogP contribution in [0.15, 0.2) is 48.5 Å². The molecule has 0 aliphatic rings. The molecule has 2 aromatic carbocycles. The second-order valence-corrected chi connectivity index (χ2v) is 4.54. The summed E-state index contributed by atoms with van der Waals surface area (Å²) in [6.07, 6.45) is 0. The smallest absolute Gasteiger partial charge is 0.238 e. The van der Waals surface area contributed by atoms with Crippen molar-refractivity contribution in [2.24, 2.45) is 5.73 Å². The summed E-state index contributed by atoms with van der Waals surface area (Å²) in [5, 5.41) is 2.67. The van der Waals surface area contributed by atoms with Gasteiger partial charge in [-0.15, -0.1) is 0 Å². The lowest BCUT2D eigenvalue weighted by Crippen LogP contribution is -2.21. The highest BCUT2D eigenvalue weighted by molar-refractivity contribution is 5.92. The minimum Gasteiger partial charge on any atom is -0.399 e. The Bertz CT molecular complexity index is 550. The molecule has 2 rings (SSSR count). The zero-order valence-electron chi connectivity index (χ0n) is 11.9. The fourth-order valence-electron chi connectivity index (χ4n) is 1.60. The van der Waals surface area contributed by atoms with Crippen molar-refractivity contribution in [3.63, 3.8) is 0 Å². The fraction of sp³-hybridized carbons (Fsp3) is 0.188. The minimum absolute atomic E-state index is 0.0218. The number of rotatable bonds is 2. The van der Waals surface area contributed by atoms with Gasteiger partial charge in [-0.25, -0.2) is 0 Å². The van der Waals surface area contributed by atoms with Gasteiger partial charge in [-0.2, -0.15) is 0 Å². The third-order valence-electron chi connectivity index (χ3n) is 2.53. The van der Waals surface area contributed by atoms with E-state index < -0.39 is 0 Å². The Balaban J connectivity index is 0.000000217. The topological polar surface area (TPSA) is 81.1 Å². The first kappa shape index (κ1) is 15.7. The van der Waals surface area contributed by atoms with Crippen molar-refractivity contribution in [3.05, 3.63) is 59.7 Å². The summed E-state index contributed by atoms with van der Waals surface area (Å²) in [6, 6.07) is 15.4. The van der Waals surface area contributed by atoms with Gasteiger partial charge in [0.1, 0.15) is 0 Å². The molecule has 0 fully saturated rings. The van der Waals surface area contributed by atoms with E-state index >= 15 is 0 Å². The molecular weight excluding hydrogens is 250 g/mol. The van der Waals surface area contributed by atoms with Crippen LogP contribution in [0.25, 0.3) is 0 Å². The number of nitrogens with two attached hydrogens (primary N) is 2. The summed E-state index contributed by atoms with van der Waals surface area (Å²) in [7, 11) is 0. The van der Waals surface area contributed by atoms with Gasteiger partial charge in [-0.1, -0.05) is 24.3 Å². The van der Waals surface area contributed by atoms with Crippen molar-refractivity contribution in [1.29, 1.82) is 0 Å². The summed E-state index contributed by atoms with van der Waals surface area (Å²) in [4.78, 5) is 10.9. The molecule has 0 aliphatic carbocycles. The molecular formula is C16H21N3O. The minimum atomic E-state index is -0.166. The highest BCUT2D eigenvalue weighted by Gasteiger charge is 1.97. The molecule has 0 saturated carbocycles. The molecule has 0 radical (unpaired) electrons. The summed E-state index contributed by atoms with van der Waals surface area (Å²) in [5.74, 6) is -0.166. The van der Waals surface area contributed by atoms with E-state index in [2.05, 4.69) is 5.32 Å². The number of carbonyl (C=O) groups excluding carboxylic acids is 1. The van der Waals surface area contributed by atoms with E-state index in [0.717, 1.165) is 16.9 Å². The van der Waals surface area contributed by atoms with Crippen LogP contribution in [0.3, 0.4) is 0 Å². The summed E-state index contributed by atoms with van der Waals surface area (Å²) < 4.78 is 0. The van der Waals surface area contributed by atoms with E-state index in [0.29, 0.717) is 0 Å². The number of nitrogens with one attached hydrogen (secondary N) is 1. The Morgan fingerprint density at radius 2 is 1.65 bits per heavy atom. The van der Waals surface area contributed by atoms with Crippen LogP contribution in [0, 0.1) is 13.8 Å². The lowest BCUT2D eigenvalue weighted by molar-refractivity contribution is -0.114. The first-order valence-electron chi connectivity index (χ1n) is 6.40. The summed E-state index contributed by atoms with van der Waals surface area (Å²) in [5.41, 5.74) is 14.6. The van der Waals surface area contributed by atoms with Crippen LogP contribution < -0.4 is 16.8 Å². The number of anilines is 2. The number of benzene rings is 2. The lowest BCUT2D eigenvalue weighted by atomic mass is 10.2. The second kappa shape index (κ2) is 7.96. The van der Waals surface area contributed by atoms with Gasteiger partial charge in [0.05, 0.1) is 6.54 Å². The molecule has 4 nitrogen and oxygen atoms in total. The molecule has 0 heterocycles. The highest BCUT2D eigenvalue weighted by atomic mass is 16.1. The quantitative estimate of drug-likeness (QED) is 0.734. The van der Waals surface area contributed by atoms with Crippen LogP contribution >= 0.6 is 0 Å². The molecule has 0 bridgehead atoms. The number of hydrogen-bond acceptors (Lipinski definition) is 3. The van der Waals surface area contributed by atoms with Gasteiger partial charge in [0.2, 0.25) is 5.91 Å².